The Morgan fingerprint density at radius 1 is 1.00 bits per heavy atom. The van der Waals surface area contributed by atoms with Crippen LogP contribution in [0.25, 0.3) is 0 Å². The van der Waals surface area contributed by atoms with Gasteiger partial charge < -0.3 is 4.90 Å². The summed E-state index contributed by atoms with van der Waals surface area (Å²) >= 11 is 0. The zero-order chi connectivity index (χ0) is 22.8. The van der Waals surface area contributed by atoms with E-state index in [9.17, 15) is 9.59 Å². The fourth-order valence-electron chi connectivity index (χ4n) is 5.74. The molecule has 33 heavy (non-hydrogen) atoms. The first-order chi connectivity index (χ1) is 16.1. The van der Waals surface area contributed by atoms with Gasteiger partial charge in [-0.15, -0.1) is 0 Å². The maximum atomic E-state index is 13.3. The van der Waals surface area contributed by atoms with E-state index < -0.39 is 0 Å². The van der Waals surface area contributed by atoms with Crippen molar-refractivity contribution in [3.8, 4) is 0 Å². The minimum absolute atomic E-state index is 0.0798. The fraction of sp³-hybridized carbons (Fsp3) is 0.556. The quantitative estimate of drug-likeness (QED) is 0.676. The fourth-order valence-corrected chi connectivity index (χ4v) is 5.74. The van der Waals surface area contributed by atoms with Gasteiger partial charge in [0, 0.05) is 36.7 Å². The number of anilines is 1. The van der Waals surface area contributed by atoms with Gasteiger partial charge in [-0.05, 0) is 57.4 Å². The van der Waals surface area contributed by atoms with E-state index in [1.807, 2.05) is 30.0 Å². The average molecular weight is 447 g/mol. The molecule has 0 radical (unpaired) electrons. The molecule has 1 aromatic heterocycles. The molecule has 2 aromatic rings. The number of likely N-dealkylation sites (tertiary alicyclic amines) is 1. The van der Waals surface area contributed by atoms with Gasteiger partial charge in [-0.3, -0.25) is 14.5 Å². The van der Waals surface area contributed by atoms with E-state index in [2.05, 4.69) is 17.0 Å². The van der Waals surface area contributed by atoms with Crippen molar-refractivity contribution in [2.75, 3.05) is 18.0 Å². The molecule has 0 unspecified atom stereocenters. The molecule has 2 fully saturated rings. The number of carbonyl (C=O) groups excluding carboxylic acids is 2. The SMILES string of the molecule is Cc1nc([C@@H]2CCCCN2C(=O)C2CCCC2)nc2c1CCC(=O)N2CCc1ccccc1. The number of aromatic nitrogens is 2. The Labute approximate surface area is 196 Å². The van der Waals surface area contributed by atoms with Crippen LogP contribution in [0.1, 0.15) is 80.1 Å². The average Bonchev–Trinajstić information content (AvgIpc) is 3.38. The predicted octanol–water partition coefficient (Wildman–Crippen LogP) is 4.55. The van der Waals surface area contributed by atoms with Crippen LogP contribution in [0.2, 0.25) is 0 Å². The summed E-state index contributed by atoms with van der Waals surface area (Å²) in [6, 6.07) is 10.2. The van der Waals surface area contributed by atoms with Gasteiger partial charge in [0.25, 0.3) is 0 Å². The molecule has 1 aromatic carbocycles. The first-order valence-corrected chi connectivity index (χ1v) is 12.6. The molecule has 1 saturated carbocycles. The Bertz CT molecular complexity index is 1020. The molecule has 2 amide bonds. The van der Waals surface area contributed by atoms with Crippen molar-refractivity contribution in [2.24, 2.45) is 5.92 Å². The lowest BCUT2D eigenvalue weighted by Crippen LogP contribution is -2.43. The number of amides is 2. The van der Waals surface area contributed by atoms with Crippen molar-refractivity contribution >= 4 is 17.6 Å². The Hall–Kier alpha value is -2.76. The third-order valence-electron chi connectivity index (χ3n) is 7.61. The highest BCUT2D eigenvalue weighted by Gasteiger charge is 2.36. The third kappa shape index (κ3) is 4.53. The summed E-state index contributed by atoms with van der Waals surface area (Å²) in [6.45, 7) is 3.43. The van der Waals surface area contributed by atoms with Crippen LogP contribution in [-0.2, 0) is 22.4 Å². The number of piperidine rings is 1. The van der Waals surface area contributed by atoms with Gasteiger partial charge in [0.2, 0.25) is 11.8 Å². The van der Waals surface area contributed by atoms with Gasteiger partial charge >= 0.3 is 0 Å². The number of hydrogen-bond acceptors (Lipinski definition) is 4. The number of hydrogen-bond donors (Lipinski definition) is 0. The highest BCUT2D eigenvalue weighted by Crippen LogP contribution is 2.36. The molecular formula is C27H34N4O2. The van der Waals surface area contributed by atoms with Crippen molar-refractivity contribution in [3.05, 3.63) is 53.0 Å². The summed E-state index contributed by atoms with van der Waals surface area (Å²) in [5.41, 5.74) is 3.24. The second-order valence-corrected chi connectivity index (χ2v) is 9.77. The van der Waals surface area contributed by atoms with Crippen LogP contribution in [0.4, 0.5) is 5.82 Å². The molecule has 1 saturated heterocycles. The lowest BCUT2D eigenvalue weighted by molar-refractivity contribution is -0.139. The van der Waals surface area contributed by atoms with Crippen molar-refractivity contribution in [2.45, 2.75) is 77.2 Å². The first kappa shape index (κ1) is 22.1. The number of fused-ring (bicyclic) bond motifs is 1. The van der Waals surface area contributed by atoms with E-state index in [1.165, 1.54) is 5.56 Å². The summed E-state index contributed by atoms with van der Waals surface area (Å²) in [4.78, 5) is 40.1. The van der Waals surface area contributed by atoms with Crippen molar-refractivity contribution in [3.63, 3.8) is 0 Å². The number of aryl methyl sites for hydroxylation is 1. The van der Waals surface area contributed by atoms with E-state index in [0.29, 0.717) is 19.4 Å². The molecular weight excluding hydrogens is 412 g/mol. The van der Waals surface area contributed by atoms with Crippen LogP contribution in [0.3, 0.4) is 0 Å². The van der Waals surface area contributed by atoms with E-state index in [1.54, 1.807) is 0 Å². The van der Waals surface area contributed by atoms with Gasteiger partial charge in [0.15, 0.2) is 5.82 Å². The minimum atomic E-state index is -0.0798. The van der Waals surface area contributed by atoms with Gasteiger partial charge in [0.05, 0.1) is 6.04 Å². The molecule has 2 aliphatic heterocycles. The predicted molar refractivity (Wildman–Crippen MR) is 128 cm³/mol. The molecule has 6 nitrogen and oxygen atoms in total. The number of benzene rings is 1. The molecule has 1 atom stereocenters. The molecule has 0 bridgehead atoms. The first-order valence-electron chi connectivity index (χ1n) is 12.6. The Morgan fingerprint density at radius 2 is 1.76 bits per heavy atom. The molecule has 0 spiro atoms. The molecule has 3 aliphatic rings. The maximum absolute atomic E-state index is 13.3. The van der Waals surface area contributed by atoms with Crippen molar-refractivity contribution in [1.82, 2.24) is 14.9 Å². The van der Waals surface area contributed by atoms with Crippen LogP contribution in [0.15, 0.2) is 30.3 Å². The van der Waals surface area contributed by atoms with E-state index in [-0.39, 0.29) is 23.8 Å². The normalized spacial score (nSPS) is 21.4. The second kappa shape index (κ2) is 9.62. The summed E-state index contributed by atoms with van der Waals surface area (Å²) in [5.74, 6) is 2.06. The lowest BCUT2D eigenvalue weighted by Gasteiger charge is -2.37. The molecule has 174 valence electrons. The molecule has 3 heterocycles. The molecule has 0 N–H and O–H groups in total. The van der Waals surface area contributed by atoms with Crippen molar-refractivity contribution < 1.29 is 9.59 Å². The van der Waals surface area contributed by atoms with Crippen LogP contribution in [-0.4, -0.2) is 39.8 Å². The Balaban J connectivity index is 1.44. The lowest BCUT2D eigenvalue weighted by atomic mass is 9.96. The number of carbonyl (C=O) groups is 2. The highest BCUT2D eigenvalue weighted by atomic mass is 16.2. The summed E-state index contributed by atoms with van der Waals surface area (Å²) in [7, 11) is 0. The van der Waals surface area contributed by atoms with Crippen molar-refractivity contribution in [1.29, 1.82) is 0 Å². The molecule has 6 heteroatoms. The Morgan fingerprint density at radius 3 is 2.55 bits per heavy atom. The van der Waals surface area contributed by atoms with Gasteiger partial charge in [0.1, 0.15) is 5.82 Å². The summed E-state index contributed by atoms with van der Waals surface area (Å²) < 4.78 is 0. The summed E-state index contributed by atoms with van der Waals surface area (Å²) in [6.07, 6.45) is 9.33. The van der Waals surface area contributed by atoms with E-state index >= 15 is 0 Å². The molecule has 5 rings (SSSR count). The highest BCUT2D eigenvalue weighted by molar-refractivity contribution is 5.95. The zero-order valence-corrected chi connectivity index (χ0v) is 19.6. The Kier molecular flexibility index (Phi) is 6.43. The number of rotatable bonds is 5. The maximum Gasteiger partial charge on any atom is 0.228 e. The van der Waals surface area contributed by atoms with Crippen LogP contribution in [0.5, 0.6) is 0 Å². The minimum Gasteiger partial charge on any atom is -0.332 e. The topological polar surface area (TPSA) is 66.4 Å². The van der Waals surface area contributed by atoms with E-state index in [0.717, 1.165) is 80.8 Å². The van der Waals surface area contributed by atoms with E-state index in [4.69, 9.17) is 9.97 Å². The summed E-state index contributed by atoms with van der Waals surface area (Å²) in [5, 5.41) is 0. The van der Waals surface area contributed by atoms with Crippen LogP contribution >= 0.6 is 0 Å². The largest absolute Gasteiger partial charge is 0.332 e. The molecule has 1 aliphatic carbocycles. The number of nitrogens with zero attached hydrogens (tertiary/aromatic N) is 4. The van der Waals surface area contributed by atoms with Gasteiger partial charge in [-0.1, -0.05) is 43.2 Å². The standard InChI is InChI=1S/C27H34N4O2/c1-19-22-14-15-24(32)31(18-16-20-9-3-2-4-10-20)26(22)29-25(28-19)23-13-7-8-17-30(23)27(33)21-11-5-6-12-21/h2-4,9-10,21,23H,5-8,11-18H2,1H3/t23-/m0/s1. The van der Waals surface area contributed by atoms with Gasteiger partial charge in [-0.2, -0.15) is 0 Å². The van der Waals surface area contributed by atoms with Gasteiger partial charge in [-0.25, -0.2) is 9.97 Å². The zero-order valence-electron chi connectivity index (χ0n) is 19.6. The third-order valence-corrected chi connectivity index (χ3v) is 7.61. The second-order valence-electron chi connectivity index (χ2n) is 9.77. The smallest absolute Gasteiger partial charge is 0.228 e. The van der Waals surface area contributed by atoms with Crippen LogP contribution in [0, 0.1) is 12.8 Å². The monoisotopic (exact) mass is 446 g/mol. The van der Waals surface area contributed by atoms with Crippen LogP contribution < -0.4 is 4.90 Å².